The number of anilines is 1. The van der Waals surface area contributed by atoms with Gasteiger partial charge in [0.15, 0.2) is 0 Å². The predicted octanol–water partition coefficient (Wildman–Crippen LogP) is 2.03. The largest absolute Gasteiger partial charge is 0.382 e. The third-order valence-electron chi connectivity index (χ3n) is 2.83. The molecule has 0 radical (unpaired) electrons. The Balaban J connectivity index is 1.89. The van der Waals surface area contributed by atoms with Crippen LogP contribution in [0.4, 0.5) is 5.69 Å². The summed E-state index contributed by atoms with van der Waals surface area (Å²) in [6, 6.07) is 8.75. The molecule has 0 heterocycles. The minimum Gasteiger partial charge on any atom is -0.382 e. The SMILES string of the molecule is Cc1cccc(C#N)c1NCCNC1CC1. The maximum atomic E-state index is 8.99. The fourth-order valence-corrected chi connectivity index (χ4v) is 1.75. The van der Waals surface area contributed by atoms with Gasteiger partial charge < -0.3 is 10.6 Å². The highest BCUT2D eigenvalue weighted by atomic mass is 15.0. The molecule has 0 amide bonds. The van der Waals surface area contributed by atoms with Gasteiger partial charge in [-0.25, -0.2) is 0 Å². The van der Waals surface area contributed by atoms with E-state index in [1.54, 1.807) is 0 Å². The standard InChI is InChI=1S/C13H17N3/c1-10-3-2-4-11(9-14)13(10)16-8-7-15-12-5-6-12/h2-4,12,15-16H,5-8H2,1H3. The zero-order valence-corrected chi connectivity index (χ0v) is 9.59. The molecule has 3 nitrogen and oxygen atoms in total. The van der Waals surface area contributed by atoms with Crippen LogP contribution in [-0.2, 0) is 0 Å². The number of aryl methyl sites for hydroxylation is 1. The van der Waals surface area contributed by atoms with Crippen molar-refractivity contribution in [3.05, 3.63) is 29.3 Å². The summed E-state index contributed by atoms with van der Waals surface area (Å²) in [5.41, 5.74) is 2.83. The topological polar surface area (TPSA) is 47.9 Å². The summed E-state index contributed by atoms with van der Waals surface area (Å²) in [6.07, 6.45) is 2.63. The van der Waals surface area contributed by atoms with Gasteiger partial charge in [-0.1, -0.05) is 12.1 Å². The first kappa shape index (κ1) is 11.0. The van der Waals surface area contributed by atoms with E-state index < -0.39 is 0 Å². The molecule has 84 valence electrons. The highest BCUT2D eigenvalue weighted by Crippen LogP contribution is 2.20. The molecule has 0 bridgehead atoms. The minimum absolute atomic E-state index is 0.728. The minimum atomic E-state index is 0.728. The summed E-state index contributed by atoms with van der Waals surface area (Å²) in [5, 5.41) is 15.8. The van der Waals surface area contributed by atoms with Crippen LogP contribution >= 0.6 is 0 Å². The molecule has 1 aliphatic carbocycles. The van der Waals surface area contributed by atoms with Crippen LogP contribution in [0.2, 0.25) is 0 Å². The maximum Gasteiger partial charge on any atom is 0.101 e. The summed E-state index contributed by atoms with van der Waals surface area (Å²) in [4.78, 5) is 0. The van der Waals surface area contributed by atoms with Crippen molar-refractivity contribution in [3.63, 3.8) is 0 Å². The Bertz CT molecular complexity index is 402. The van der Waals surface area contributed by atoms with Crippen molar-refractivity contribution in [1.29, 1.82) is 5.26 Å². The lowest BCUT2D eigenvalue weighted by Gasteiger charge is -2.11. The van der Waals surface area contributed by atoms with Crippen molar-refractivity contribution in [3.8, 4) is 6.07 Å². The zero-order chi connectivity index (χ0) is 11.4. The second-order valence-corrected chi connectivity index (χ2v) is 4.26. The van der Waals surface area contributed by atoms with Crippen LogP contribution in [0.15, 0.2) is 18.2 Å². The van der Waals surface area contributed by atoms with E-state index in [4.69, 9.17) is 5.26 Å². The number of para-hydroxylation sites is 1. The summed E-state index contributed by atoms with van der Waals surface area (Å²) < 4.78 is 0. The van der Waals surface area contributed by atoms with Gasteiger partial charge in [0.05, 0.1) is 11.3 Å². The lowest BCUT2D eigenvalue weighted by molar-refractivity contribution is 0.701. The maximum absolute atomic E-state index is 8.99. The van der Waals surface area contributed by atoms with E-state index in [2.05, 4.69) is 16.7 Å². The summed E-state index contributed by atoms with van der Waals surface area (Å²) in [5.74, 6) is 0. The average molecular weight is 215 g/mol. The normalized spacial score (nSPS) is 14.5. The van der Waals surface area contributed by atoms with Crippen molar-refractivity contribution in [2.45, 2.75) is 25.8 Å². The summed E-state index contributed by atoms with van der Waals surface area (Å²) in [6.45, 7) is 3.86. The molecule has 1 aromatic rings. The molecule has 2 N–H and O–H groups in total. The molecule has 1 aliphatic rings. The quantitative estimate of drug-likeness (QED) is 0.739. The molecule has 3 heteroatoms. The number of hydrogen-bond acceptors (Lipinski definition) is 3. The second-order valence-electron chi connectivity index (χ2n) is 4.26. The van der Waals surface area contributed by atoms with Crippen LogP contribution in [0.5, 0.6) is 0 Å². The van der Waals surface area contributed by atoms with E-state index >= 15 is 0 Å². The van der Waals surface area contributed by atoms with Gasteiger partial charge in [-0.2, -0.15) is 5.26 Å². The molecule has 2 rings (SSSR count). The predicted molar refractivity (Wildman–Crippen MR) is 65.4 cm³/mol. The molecular weight excluding hydrogens is 198 g/mol. The van der Waals surface area contributed by atoms with Crippen molar-refractivity contribution in [1.82, 2.24) is 5.32 Å². The van der Waals surface area contributed by atoms with E-state index in [1.165, 1.54) is 12.8 Å². The number of nitrogens with zero attached hydrogens (tertiary/aromatic N) is 1. The van der Waals surface area contributed by atoms with Crippen LogP contribution in [0.1, 0.15) is 24.0 Å². The number of nitriles is 1. The Morgan fingerprint density at radius 2 is 2.19 bits per heavy atom. The van der Waals surface area contributed by atoms with Gasteiger partial charge in [-0.15, -0.1) is 0 Å². The van der Waals surface area contributed by atoms with Gasteiger partial charge in [0.1, 0.15) is 6.07 Å². The molecule has 16 heavy (non-hydrogen) atoms. The molecule has 0 spiro atoms. The second kappa shape index (κ2) is 5.00. The Morgan fingerprint density at radius 1 is 1.38 bits per heavy atom. The highest BCUT2D eigenvalue weighted by Gasteiger charge is 2.19. The molecule has 0 atom stereocenters. The monoisotopic (exact) mass is 215 g/mol. The van der Waals surface area contributed by atoms with Gasteiger partial charge in [0.2, 0.25) is 0 Å². The van der Waals surface area contributed by atoms with Crippen LogP contribution in [0.25, 0.3) is 0 Å². The number of hydrogen-bond donors (Lipinski definition) is 2. The Hall–Kier alpha value is -1.53. The zero-order valence-electron chi connectivity index (χ0n) is 9.59. The average Bonchev–Trinajstić information content (AvgIpc) is 3.09. The van der Waals surface area contributed by atoms with Gasteiger partial charge in [-0.05, 0) is 31.4 Å². The van der Waals surface area contributed by atoms with Gasteiger partial charge >= 0.3 is 0 Å². The molecule has 0 unspecified atom stereocenters. The van der Waals surface area contributed by atoms with Crippen LogP contribution in [-0.4, -0.2) is 19.1 Å². The van der Waals surface area contributed by atoms with Crippen LogP contribution in [0.3, 0.4) is 0 Å². The first-order valence-electron chi connectivity index (χ1n) is 5.78. The Morgan fingerprint density at radius 3 is 2.88 bits per heavy atom. The Kier molecular flexibility index (Phi) is 3.43. The lowest BCUT2D eigenvalue weighted by Crippen LogP contribution is -2.24. The fourth-order valence-electron chi connectivity index (χ4n) is 1.75. The molecule has 0 saturated heterocycles. The van der Waals surface area contributed by atoms with E-state index in [9.17, 15) is 0 Å². The van der Waals surface area contributed by atoms with Gasteiger partial charge in [0.25, 0.3) is 0 Å². The molecular formula is C13H17N3. The number of nitrogens with one attached hydrogen (secondary N) is 2. The van der Waals surface area contributed by atoms with Crippen LogP contribution in [0, 0.1) is 18.3 Å². The third-order valence-corrected chi connectivity index (χ3v) is 2.83. The van der Waals surface area contributed by atoms with Gasteiger partial charge in [-0.3, -0.25) is 0 Å². The molecule has 0 aromatic heterocycles. The first-order chi connectivity index (χ1) is 7.81. The third kappa shape index (κ3) is 2.74. The van der Waals surface area contributed by atoms with Gasteiger partial charge in [0, 0.05) is 19.1 Å². The van der Waals surface area contributed by atoms with Crippen molar-refractivity contribution in [2.75, 3.05) is 18.4 Å². The smallest absolute Gasteiger partial charge is 0.101 e. The summed E-state index contributed by atoms with van der Waals surface area (Å²) in [7, 11) is 0. The van der Waals surface area contributed by atoms with E-state index in [-0.39, 0.29) is 0 Å². The number of benzene rings is 1. The summed E-state index contributed by atoms with van der Waals surface area (Å²) >= 11 is 0. The van der Waals surface area contributed by atoms with E-state index in [0.717, 1.165) is 35.9 Å². The Labute approximate surface area is 96.5 Å². The molecule has 1 aromatic carbocycles. The van der Waals surface area contributed by atoms with Crippen molar-refractivity contribution >= 4 is 5.69 Å². The highest BCUT2D eigenvalue weighted by molar-refractivity contribution is 5.62. The van der Waals surface area contributed by atoms with Crippen molar-refractivity contribution in [2.24, 2.45) is 0 Å². The molecule has 1 fully saturated rings. The van der Waals surface area contributed by atoms with E-state index in [1.807, 2.05) is 25.1 Å². The molecule has 0 aliphatic heterocycles. The van der Waals surface area contributed by atoms with Crippen molar-refractivity contribution < 1.29 is 0 Å². The fraction of sp³-hybridized carbons (Fsp3) is 0.462. The first-order valence-corrected chi connectivity index (χ1v) is 5.78. The molecule has 1 saturated carbocycles. The number of rotatable bonds is 5. The lowest BCUT2D eigenvalue weighted by atomic mass is 10.1. The van der Waals surface area contributed by atoms with Crippen LogP contribution < -0.4 is 10.6 Å². The van der Waals surface area contributed by atoms with E-state index in [0.29, 0.717) is 0 Å².